The summed E-state index contributed by atoms with van der Waals surface area (Å²) in [5.74, 6) is 0. The van der Waals surface area contributed by atoms with E-state index in [1.54, 1.807) is 0 Å². The van der Waals surface area contributed by atoms with Gasteiger partial charge in [-0.1, -0.05) is 62.6 Å². The lowest BCUT2D eigenvalue weighted by Crippen LogP contribution is -2.42. The molecular weight excluding hydrogens is 258 g/mol. The lowest BCUT2D eigenvalue weighted by Gasteiger charge is -2.35. The van der Waals surface area contributed by atoms with Crippen LogP contribution in [0, 0.1) is 0 Å². The summed E-state index contributed by atoms with van der Waals surface area (Å²) in [4.78, 5) is 0. The molecular formula is C17H26F2O. The lowest BCUT2D eigenvalue weighted by molar-refractivity contribution is -0.0421. The highest BCUT2D eigenvalue weighted by atomic mass is 19.2. The molecule has 0 radical (unpaired) electrons. The predicted molar refractivity (Wildman–Crippen MR) is 79.2 cm³/mol. The quantitative estimate of drug-likeness (QED) is 0.784. The zero-order valence-electron chi connectivity index (χ0n) is 12.3. The van der Waals surface area contributed by atoms with Gasteiger partial charge in [0.05, 0.1) is 6.10 Å². The molecule has 1 aliphatic carbocycles. The third-order valence-corrected chi connectivity index (χ3v) is 3.80. The summed E-state index contributed by atoms with van der Waals surface area (Å²) in [6.45, 7) is 2.04. The SMILES string of the molecule is CCCCCC1(F)CCC(O)CC1F.c1ccccc1. The van der Waals surface area contributed by atoms with Gasteiger partial charge in [0.15, 0.2) is 0 Å². The van der Waals surface area contributed by atoms with Crippen LogP contribution in [0.5, 0.6) is 0 Å². The molecule has 3 unspecified atom stereocenters. The van der Waals surface area contributed by atoms with Crippen LogP contribution in [-0.4, -0.2) is 23.1 Å². The van der Waals surface area contributed by atoms with E-state index in [9.17, 15) is 13.9 Å². The van der Waals surface area contributed by atoms with E-state index in [4.69, 9.17) is 0 Å². The number of aliphatic hydroxyl groups excluding tert-OH is 1. The number of benzene rings is 1. The van der Waals surface area contributed by atoms with E-state index < -0.39 is 17.9 Å². The van der Waals surface area contributed by atoms with Crippen LogP contribution in [0.4, 0.5) is 8.78 Å². The third-order valence-electron chi connectivity index (χ3n) is 3.80. The maximum atomic E-state index is 14.0. The molecule has 0 aliphatic heterocycles. The van der Waals surface area contributed by atoms with Crippen molar-refractivity contribution in [3.8, 4) is 0 Å². The zero-order valence-corrected chi connectivity index (χ0v) is 12.3. The van der Waals surface area contributed by atoms with Crippen molar-refractivity contribution in [1.82, 2.24) is 0 Å². The van der Waals surface area contributed by atoms with Crippen LogP contribution < -0.4 is 0 Å². The Kier molecular flexibility index (Phi) is 7.75. The molecule has 0 heterocycles. The Morgan fingerprint density at radius 1 is 1.10 bits per heavy atom. The summed E-state index contributed by atoms with van der Waals surface area (Å²) >= 11 is 0. The highest BCUT2D eigenvalue weighted by molar-refractivity contribution is 4.99. The summed E-state index contributed by atoms with van der Waals surface area (Å²) in [7, 11) is 0. The Hall–Kier alpha value is -0.960. The van der Waals surface area contributed by atoms with Gasteiger partial charge < -0.3 is 5.11 Å². The van der Waals surface area contributed by atoms with Crippen molar-refractivity contribution in [3.63, 3.8) is 0 Å². The molecule has 0 amide bonds. The molecule has 1 aromatic rings. The maximum absolute atomic E-state index is 14.0. The molecule has 3 heteroatoms. The van der Waals surface area contributed by atoms with Gasteiger partial charge in [0.25, 0.3) is 0 Å². The summed E-state index contributed by atoms with van der Waals surface area (Å²) in [6.07, 6.45) is 1.50. The van der Waals surface area contributed by atoms with E-state index in [0.717, 1.165) is 19.3 Å². The van der Waals surface area contributed by atoms with Crippen molar-refractivity contribution >= 4 is 0 Å². The van der Waals surface area contributed by atoms with Crippen LogP contribution in [0.1, 0.15) is 51.9 Å². The van der Waals surface area contributed by atoms with Gasteiger partial charge in [0.1, 0.15) is 11.8 Å². The Morgan fingerprint density at radius 2 is 1.65 bits per heavy atom. The number of rotatable bonds is 4. The molecule has 1 aliphatic rings. The fourth-order valence-electron chi connectivity index (χ4n) is 2.47. The molecule has 20 heavy (non-hydrogen) atoms. The summed E-state index contributed by atoms with van der Waals surface area (Å²) < 4.78 is 27.4. The van der Waals surface area contributed by atoms with Crippen molar-refractivity contribution in [1.29, 1.82) is 0 Å². The highest BCUT2D eigenvalue weighted by Crippen LogP contribution is 2.38. The normalized spacial score (nSPS) is 29.4. The van der Waals surface area contributed by atoms with Gasteiger partial charge in [-0.3, -0.25) is 0 Å². The monoisotopic (exact) mass is 284 g/mol. The first kappa shape index (κ1) is 17.1. The number of hydrogen-bond donors (Lipinski definition) is 1. The molecule has 1 fully saturated rings. The Morgan fingerprint density at radius 3 is 2.10 bits per heavy atom. The molecule has 3 atom stereocenters. The average Bonchev–Trinajstić information content (AvgIpc) is 2.47. The van der Waals surface area contributed by atoms with E-state index in [0.29, 0.717) is 12.8 Å². The molecule has 0 spiro atoms. The maximum Gasteiger partial charge on any atom is 0.142 e. The molecule has 0 saturated heterocycles. The zero-order chi connectivity index (χ0) is 14.8. The fourth-order valence-corrected chi connectivity index (χ4v) is 2.47. The van der Waals surface area contributed by atoms with Gasteiger partial charge >= 0.3 is 0 Å². The fraction of sp³-hybridized carbons (Fsp3) is 0.647. The topological polar surface area (TPSA) is 20.2 Å². The van der Waals surface area contributed by atoms with Crippen LogP contribution >= 0.6 is 0 Å². The highest BCUT2D eigenvalue weighted by Gasteiger charge is 2.43. The van der Waals surface area contributed by atoms with Crippen LogP contribution in [0.25, 0.3) is 0 Å². The minimum Gasteiger partial charge on any atom is -0.393 e. The largest absolute Gasteiger partial charge is 0.393 e. The van der Waals surface area contributed by atoms with E-state index in [-0.39, 0.29) is 12.8 Å². The van der Waals surface area contributed by atoms with Crippen LogP contribution in [0.3, 0.4) is 0 Å². The lowest BCUT2D eigenvalue weighted by atomic mass is 9.80. The van der Waals surface area contributed by atoms with Crippen LogP contribution in [0.15, 0.2) is 36.4 Å². The summed E-state index contributed by atoms with van der Waals surface area (Å²) in [5.41, 5.74) is -1.66. The number of alkyl halides is 2. The molecule has 0 bridgehead atoms. The Bertz CT molecular complexity index is 317. The Balaban J connectivity index is 0.000000276. The van der Waals surface area contributed by atoms with E-state index in [1.165, 1.54) is 0 Å². The minimum atomic E-state index is -1.66. The van der Waals surface area contributed by atoms with Crippen LogP contribution in [-0.2, 0) is 0 Å². The number of unbranched alkanes of at least 4 members (excludes halogenated alkanes) is 2. The average molecular weight is 284 g/mol. The molecule has 1 saturated carbocycles. The standard InChI is InChI=1S/C11H20F2O.C6H6/c1-2-3-4-6-11(13)7-5-9(14)8-10(11)12;1-2-4-6-5-3-1/h9-10,14H,2-8H2,1H3;1-6H. The summed E-state index contributed by atoms with van der Waals surface area (Å²) in [6, 6.07) is 12.0. The van der Waals surface area contributed by atoms with Crippen molar-refractivity contribution in [2.75, 3.05) is 0 Å². The number of aliphatic hydroxyl groups is 1. The number of halogens is 2. The Labute approximate surface area is 121 Å². The van der Waals surface area contributed by atoms with Crippen molar-refractivity contribution < 1.29 is 13.9 Å². The second-order valence-corrected chi connectivity index (χ2v) is 5.54. The minimum absolute atomic E-state index is 0.0252. The van der Waals surface area contributed by atoms with E-state index in [2.05, 4.69) is 0 Å². The van der Waals surface area contributed by atoms with Gasteiger partial charge in [0.2, 0.25) is 0 Å². The molecule has 1 aromatic carbocycles. The van der Waals surface area contributed by atoms with Crippen molar-refractivity contribution in [2.45, 2.75) is 69.8 Å². The van der Waals surface area contributed by atoms with Gasteiger partial charge in [0, 0.05) is 6.42 Å². The number of hydrogen-bond acceptors (Lipinski definition) is 1. The second-order valence-electron chi connectivity index (χ2n) is 5.54. The van der Waals surface area contributed by atoms with E-state index >= 15 is 0 Å². The van der Waals surface area contributed by atoms with Gasteiger partial charge in [-0.15, -0.1) is 0 Å². The first-order chi connectivity index (χ1) is 9.58. The van der Waals surface area contributed by atoms with Crippen molar-refractivity contribution in [3.05, 3.63) is 36.4 Å². The summed E-state index contributed by atoms with van der Waals surface area (Å²) in [5, 5.41) is 9.18. The first-order valence-electron chi connectivity index (χ1n) is 7.59. The first-order valence-corrected chi connectivity index (χ1v) is 7.59. The van der Waals surface area contributed by atoms with Gasteiger partial charge in [-0.2, -0.15) is 0 Å². The predicted octanol–water partition coefficient (Wildman–Crippen LogP) is 4.84. The van der Waals surface area contributed by atoms with Gasteiger partial charge in [-0.05, 0) is 19.3 Å². The molecule has 2 rings (SSSR count). The third kappa shape index (κ3) is 6.00. The molecule has 0 aromatic heterocycles. The van der Waals surface area contributed by atoms with Crippen molar-refractivity contribution in [2.24, 2.45) is 0 Å². The molecule has 114 valence electrons. The van der Waals surface area contributed by atoms with Crippen LogP contribution in [0.2, 0.25) is 0 Å². The smallest absolute Gasteiger partial charge is 0.142 e. The molecule has 1 N–H and O–H groups in total. The second kappa shape index (κ2) is 9.06. The van der Waals surface area contributed by atoms with E-state index in [1.807, 2.05) is 43.3 Å². The van der Waals surface area contributed by atoms with Gasteiger partial charge in [-0.25, -0.2) is 8.78 Å². The molecule has 1 nitrogen and oxygen atoms in total.